The van der Waals surface area contributed by atoms with Gasteiger partial charge in [-0.3, -0.25) is 4.79 Å². The highest BCUT2D eigenvalue weighted by molar-refractivity contribution is 7.10. The maximum Gasteiger partial charge on any atom is 0.257 e. The minimum atomic E-state index is -0.838. The van der Waals surface area contributed by atoms with E-state index in [2.05, 4.69) is 0 Å². The first-order valence-corrected chi connectivity index (χ1v) is 6.64. The first kappa shape index (κ1) is 13.7. The summed E-state index contributed by atoms with van der Waals surface area (Å²) in [4.78, 5) is 14.6. The average molecular weight is 281 g/mol. The number of carbonyl (C=O) groups excluding carboxylic acids is 1. The summed E-state index contributed by atoms with van der Waals surface area (Å²) in [6.45, 7) is 1.87. The molecule has 0 N–H and O–H groups in total. The maximum atomic E-state index is 13.6. The van der Waals surface area contributed by atoms with Crippen molar-refractivity contribution in [1.82, 2.24) is 4.90 Å². The molecule has 0 radical (unpaired) electrons. The number of benzene rings is 1. The minimum Gasteiger partial charge on any atom is -0.334 e. The monoisotopic (exact) mass is 281 g/mol. The predicted octanol–water partition coefficient (Wildman–Crippen LogP) is 3.86. The standard InChI is InChI=1S/C14H13F2NOS/c1-9(13-4-3-7-19-13)17(2)14(18)11-6-5-10(15)8-12(11)16/h3-9H,1-2H3. The van der Waals surface area contributed by atoms with Gasteiger partial charge in [-0.2, -0.15) is 0 Å². The molecule has 2 rings (SSSR count). The van der Waals surface area contributed by atoms with Crippen LogP contribution in [0.5, 0.6) is 0 Å². The van der Waals surface area contributed by atoms with Gasteiger partial charge in [0.15, 0.2) is 0 Å². The number of hydrogen-bond donors (Lipinski definition) is 0. The minimum absolute atomic E-state index is 0.118. The van der Waals surface area contributed by atoms with E-state index in [4.69, 9.17) is 0 Å². The molecule has 0 aliphatic carbocycles. The van der Waals surface area contributed by atoms with Gasteiger partial charge in [-0.05, 0) is 30.5 Å². The largest absolute Gasteiger partial charge is 0.334 e. The second-order valence-electron chi connectivity index (χ2n) is 4.23. The van der Waals surface area contributed by atoms with Gasteiger partial charge in [-0.25, -0.2) is 8.78 Å². The summed E-state index contributed by atoms with van der Waals surface area (Å²) in [5.41, 5.74) is -0.118. The number of thiophene rings is 1. The van der Waals surface area contributed by atoms with E-state index < -0.39 is 17.5 Å². The zero-order valence-corrected chi connectivity index (χ0v) is 11.4. The van der Waals surface area contributed by atoms with Crippen molar-refractivity contribution in [1.29, 1.82) is 0 Å². The van der Waals surface area contributed by atoms with E-state index >= 15 is 0 Å². The Balaban J connectivity index is 2.24. The van der Waals surface area contributed by atoms with Crippen LogP contribution in [-0.4, -0.2) is 17.9 Å². The maximum absolute atomic E-state index is 13.6. The highest BCUT2D eigenvalue weighted by atomic mass is 32.1. The molecule has 5 heteroatoms. The van der Waals surface area contributed by atoms with Crippen LogP contribution in [0, 0.1) is 11.6 Å². The van der Waals surface area contributed by atoms with Crippen molar-refractivity contribution >= 4 is 17.2 Å². The summed E-state index contributed by atoms with van der Waals surface area (Å²) in [5.74, 6) is -1.99. The highest BCUT2D eigenvalue weighted by Crippen LogP contribution is 2.25. The zero-order chi connectivity index (χ0) is 14.0. The van der Waals surface area contributed by atoms with Crippen LogP contribution in [-0.2, 0) is 0 Å². The van der Waals surface area contributed by atoms with Crippen LogP contribution >= 0.6 is 11.3 Å². The van der Waals surface area contributed by atoms with Crippen molar-refractivity contribution in [2.24, 2.45) is 0 Å². The number of rotatable bonds is 3. The third-order valence-corrected chi connectivity index (χ3v) is 4.06. The number of halogens is 2. The van der Waals surface area contributed by atoms with E-state index in [0.717, 1.165) is 17.0 Å². The molecular weight excluding hydrogens is 268 g/mol. The molecule has 1 heterocycles. The zero-order valence-electron chi connectivity index (χ0n) is 10.6. The molecule has 100 valence electrons. The van der Waals surface area contributed by atoms with E-state index in [9.17, 15) is 13.6 Å². The van der Waals surface area contributed by atoms with Gasteiger partial charge in [-0.1, -0.05) is 6.07 Å². The first-order chi connectivity index (χ1) is 9.00. The Morgan fingerprint density at radius 1 is 1.32 bits per heavy atom. The molecule has 0 saturated heterocycles. The summed E-state index contributed by atoms with van der Waals surface area (Å²) in [5, 5.41) is 1.92. The molecule has 0 saturated carbocycles. The normalized spacial score (nSPS) is 12.2. The molecule has 2 nitrogen and oxygen atoms in total. The topological polar surface area (TPSA) is 20.3 Å². The lowest BCUT2D eigenvalue weighted by atomic mass is 10.1. The van der Waals surface area contributed by atoms with Gasteiger partial charge in [0.1, 0.15) is 11.6 Å². The lowest BCUT2D eigenvalue weighted by Crippen LogP contribution is -2.29. The quantitative estimate of drug-likeness (QED) is 0.836. The van der Waals surface area contributed by atoms with E-state index in [0.29, 0.717) is 0 Å². The molecule has 1 aromatic heterocycles. The second-order valence-corrected chi connectivity index (χ2v) is 5.21. The molecule has 1 aromatic carbocycles. The fourth-order valence-corrected chi connectivity index (χ4v) is 2.58. The van der Waals surface area contributed by atoms with Gasteiger partial charge in [-0.15, -0.1) is 11.3 Å². The number of carbonyl (C=O) groups is 1. The molecule has 1 amide bonds. The number of hydrogen-bond acceptors (Lipinski definition) is 2. The molecule has 0 fully saturated rings. The molecular formula is C14H13F2NOS. The van der Waals surface area contributed by atoms with Gasteiger partial charge in [0, 0.05) is 18.0 Å². The van der Waals surface area contributed by atoms with Crippen molar-refractivity contribution in [3.63, 3.8) is 0 Å². The van der Waals surface area contributed by atoms with Crippen LogP contribution in [0.3, 0.4) is 0 Å². The van der Waals surface area contributed by atoms with Crippen molar-refractivity contribution in [3.05, 3.63) is 57.8 Å². The van der Waals surface area contributed by atoms with E-state index in [1.54, 1.807) is 7.05 Å². The van der Waals surface area contributed by atoms with E-state index in [1.165, 1.54) is 22.3 Å². The van der Waals surface area contributed by atoms with Crippen LogP contribution in [0.15, 0.2) is 35.7 Å². The molecule has 0 aliphatic heterocycles. The van der Waals surface area contributed by atoms with Crippen LogP contribution in [0.25, 0.3) is 0 Å². The smallest absolute Gasteiger partial charge is 0.257 e. The Hall–Kier alpha value is -1.75. The molecule has 1 atom stereocenters. The fraction of sp³-hybridized carbons (Fsp3) is 0.214. The molecule has 2 aromatic rings. The van der Waals surface area contributed by atoms with Gasteiger partial charge >= 0.3 is 0 Å². The van der Waals surface area contributed by atoms with Crippen molar-refractivity contribution in [2.45, 2.75) is 13.0 Å². The third-order valence-electron chi connectivity index (χ3n) is 3.02. The Morgan fingerprint density at radius 2 is 2.05 bits per heavy atom. The molecule has 1 unspecified atom stereocenters. The Kier molecular flexibility index (Phi) is 3.95. The lowest BCUT2D eigenvalue weighted by molar-refractivity contribution is 0.0740. The molecule has 19 heavy (non-hydrogen) atoms. The van der Waals surface area contributed by atoms with Crippen molar-refractivity contribution in [3.8, 4) is 0 Å². The van der Waals surface area contributed by atoms with Gasteiger partial charge in [0.05, 0.1) is 11.6 Å². The number of amides is 1. The van der Waals surface area contributed by atoms with Gasteiger partial charge < -0.3 is 4.90 Å². The lowest BCUT2D eigenvalue weighted by Gasteiger charge is -2.24. The summed E-state index contributed by atoms with van der Waals surface area (Å²) >= 11 is 1.53. The summed E-state index contributed by atoms with van der Waals surface area (Å²) in [7, 11) is 1.61. The highest BCUT2D eigenvalue weighted by Gasteiger charge is 2.22. The summed E-state index contributed by atoms with van der Waals surface area (Å²) < 4.78 is 26.4. The molecule has 0 aliphatic rings. The van der Waals surface area contributed by atoms with Crippen LogP contribution < -0.4 is 0 Å². The predicted molar refractivity (Wildman–Crippen MR) is 71.2 cm³/mol. The Bertz CT molecular complexity index is 583. The van der Waals surface area contributed by atoms with Crippen LogP contribution in [0.1, 0.15) is 28.2 Å². The Labute approximate surface area is 114 Å². The number of nitrogens with zero attached hydrogens (tertiary/aromatic N) is 1. The second kappa shape index (κ2) is 5.48. The first-order valence-electron chi connectivity index (χ1n) is 5.76. The molecule has 0 spiro atoms. The fourth-order valence-electron chi connectivity index (χ4n) is 1.75. The van der Waals surface area contributed by atoms with Gasteiger partial charge in [0.25, 0.3) is 5.91 Å². The Morgan fingerprint density at radius 3 is 2.63 bits per heavy atom. The van der Waals surface area contributed by atoms with E-state index in [-0.39, 0.29) is 11.6 Å². The van der Waals surface area contributed by atoms with Gasteiger partial charge in [0.2, 0.25) is 0 Å². The average Bonchev–Trinajstić information content (AvgIpc) is 2.90. The van der Waals surface area contributed by atoms with E-state index in [1.807, 2.05) is 24.4 Å². The summed E-state index contributed by atoms with van der Waals surface area (Å²) in [6, 6.07) is 6.63. The third kappa shape index (κ3) is 2.81. The van der Waals surface area contributed by atoms with Crippen LogP contribution in [0.2, 0.25) is 0 Å². The molecule has 0 bridgehead atoms. The summed E-state index contributed by atoms with van der Waals surface area (Å²) in [6.07, 6.45) is 0. The SMILES string of the molecule is CC(c1cccs1)N(C)C(=O)c1ccc(F)cc1F. The van der Waals surface area contributed by atoms with Crippen LogP contribution in [0.4, 0.5) is 8.78 Å². The van der Waals surface area contributed by atoms with Crippen molar-refractivity contribution < 1.29 is 13.6 Å². The van der Waals surface area contributed by atoms with Crippen molar-refractivity contribution in [2.75, 3.05) is 7.05 Å².